The van der Waals surface area contributed by atoms with Crippen molar-refractivity contribution in [3.63, 3.8) is 0 Å². The van der Waals surface area contributed by atoms with Crippen molar-refractivity contribution in [2.75, 3.05) is 18.4 Å². The molecule has 0 aliphatic carbocycles. The van der Waals surface area contributed by atoms with E-state index in [1.54, 1.807) is 0 Å². The van der Waals surface area contributed by atoms with Gasteiger partial charge in [-0.1, -0.05) is 6.07 Å². The summed E-state index contributed by atoms with van der Waals surface area (Å²) in [6.07, 6.45) is 4.45. The van der Waals surface area contributed by atoms with Gasteiger partial charge in [-0.3, -0.25) is 0 Å². The van der Waals surface area contributed by atoms with Crippen LogP contribution in [-0.2, 0) is 0 Å². The molecule has 0 spiro atoms. The molecule has 1 saturated heterocycles. The predicted octanol–water partition coefficient (Wildman–Crippen LogP) is 2.19. The van der Waals surface area contributed by atoms with Gasteiger partial charge in [0.25, 0.3) is 0 Å². The van der Waals surface area contributed by atoms with E-state index >= 15 is 0 Å². The molecule has 1 aliphatic heterocycles. The van der Waals surface area contributed by atoms with E-state index in [1.165, 1.54) is 24.9 Å². The summed E-state index contributed by atoms with van der Waals surface area (Å²) >= 11 is 0. The van der Waals surface area contributed by atoms with E-state index in [-0.39, 0.29) is 0 Å². The fourth-order valence-electron chi connectivity index (χ4n) is 2.28. The lowest BCUT2D eigenvalue weighted by atomic mass is 9.93. The minimum Gasteiger partial charge on any atom is -0.367 e. The summed E-state index contributed by atoms with van der Waals surface area (Å²) in [6, 6.07) is 4.57. The van der Waals surface area contributed by atoms with Gasteiger partial charge in [0.2, 0.25) is 0 Å². The van der Waals surface area contributed by atoms with E-state index in [0.29, 0.717) is 6.04 Å². The van der Waals surface area contributed by atoms with Gasteiger partial charge in [0.15, 0.2) is 0 Å². The third-order valence-corrected chi connectivity index (χ3v) is 3.42. The Balaban J connectivity index is 1.96. The van der Waals surface area contributed by atoms with Crippen LogP contribution in [0.15, 0.2) is 18.3 Å². The molecule has 2 unspecified atom stereocenters. The average molecular weight is 219 g/mol. The molecule has 1 aromatic rings. The van der Waals surface area contributed by atoms with Crippen molar-refractivity contribution in [2.24, 2.45) is 5.92 Å². The zero-order valence-corrected chi connectivity index (χ0v) is 10.2. The van der Waals surface area contributed by atoms with Gasteiger partial charge in [-0.2, -0.15) is 0 Å². The predicted molar refractivity (Wildman–Crippen MR) is 67.7 cm³/mol. The minimum atomic E-state index is 0.487. The summed E-state index contributed by atoms with van der Waals surface area (Å²) in [5, 5.41) is 6.98. The van der Waals surface area contributed by atoms with E-state index in [1.807, 2.05) is 12.3 Å². The van der Waals surface area contributed by atoms with E-state index in [9.17, 15) is 0 Å². The Morgan fingerprint density at radius 2 is 2.44 bits per heavy atom. The van der Waals surface area contributed by atoms with Gasteiger partial charge in [0.05, 0.1) is 0 Å². The van der Waals surface area contributed by atoms with Crippen LogP contribution < -0.4 is 10.6 Å². The highest BCUT2D eigenvalue weighted by molar-refractivity contribution is 5.43. The molecule has 88 valence electrons. The van der Waals surface area contributed by atoms with Crippen LogP contribution in [0.3, 0.4) is 0 Å². The zero-order chi connectivity index (χ0) is 11.4. The minimum absolute atomic E-state index is 0.487. The molecule has 0 aromatic carbocycles. The first kappa shape index (κ1) is 11.4. The fraction of sp³-hybridized carbons (Fsp3) is 0.615. The number of hydrogen-bond donors (Lipinski definition) is 2. The highest BCUT2D eigenvalue weighted by Crippen LogP contribution is 2.19. The standard InChI is InChI=1S/C13H21N3/c1-10-5-3-8-15-13(10)16-11(2)12-6-4-7-14-9-12/h3,5,8,11-12,14H,4,6-7,9H2,1-2H3,(H,15,16). The Labute approximate surface area is 97.7 Å². The lowest BCUT2D eigenvalue weighted by Gasteiger charge is -2.29. The lowest BCUT2D eigenvalue weighted by molar-refractivity contribution is 0.346. The Morgan fingerprint density at radius 3 is 3.12 bits per heavy atom. The monoisotopic (exact) mass is 219 g/mol. The zero-order valence-electron chi connectivity index (χ0n) is 10.2. The van der Waals surface area contributed by atoms with Gasteiger partial charge in [0, 0.05) is 12.2 Å². The molecule has 16 heavy (non-hydrogen) atoms. The van der Waals surface area contributed by atoms with Crippen LogP contribution in [0.25, 0.3) is 0 Å². The van der Waals surface area contributed by atoms with Crippen molar-refractivity contribution in [3.05, 3.63) is 23.9 Å². The van der Waals surface area contributed by atoms with Crippen molar-refractivity contribution >= 4 is 5.82 Å². The van der Waals surface area contributed by atoms with Crippen molar-refractivity contribution in [3.8, 4) is 0 Å². The quantitative estimate of drug-likeness (QED) is 0.818. The Hall–Kier alpha value is -1.09. The van der Waals surface area contributed by atoms with Crippen LogP contribution in [-0.4, -0.2) is 24.1 Å². The highest BCUT2D eigenvalue weighted by atomic mass is 15.0. The molecule has 0 bridgehead atoms. The molecule has 2 atom stereocenters. The van der Waals surface area contributed by atoms with Gasteiger partial charge >= 0.3 is 0 Å². The van der Waals surface area contributed by atoms with E-state index in [4.69, 9.17) is 0 Å². The second-order valence-electron chi connectivity index (χ2n) is 4.71. The van der Waals surface area contributed by atoms with E-state index in [2.05, 4.69) is 35.5 Å². The van der Waals surface area contributed by atoms with Crippen LogP contribution in [0.2, 0.25) is 0 Å². The maximum absolute atomic E-state index is 4.38. The number of nitrogens with one attached hydrogen (secondary N) is 2. The van der Waals surface area contributed by atoms with Crippen molar-refractivity contribution in [1.82, 2.24) is 10.3 Å². The number of rotatable bonds is 3. The lowest BCUT2D eigenvalue weighted by Crippen LogP contribution is -2.39. The van der Waals surface area contributed by atoms with Crippen molar-refractivity contribution < 1.29 is 0 Å². The summed E-state index contributed by atoms with van der Waals surface area (Å²) in [6.45, 7) is 6.65. The highest BCUT2D eigenvalue weighted by Gasteiger charge is 2.20. The van der Waals surface area contributed by atoms with Gasteiger partial charge in [0.1, 0.15) is 5.82 Å². The molecule has 1 aliphatic rings. The summed E-state index contributed by atoms with van der Waals surface area (Å²) in [5.41, 5.74) is 1.22. The molecule has 2 N–H and O–H groups in total. The third kappa shape index (κ3) is 2.73. The molecule has 2 heterocycles. The number of pyridine rings is 1. The maximum Gasteiger partial charge on any atom is 0.129 e. The molecule has 1 fully saturated rings. The topological polar surface area (TPSA) is 37.0 Å². The first-order valence-corrected chi connectivity index (χ1v) is 6.16. The molecule has 1 aromatic heterocycles. The molecule has 0 radical (unpaired) electrons. The van der Waals surface area contributed by atoms with E-state index in [0.717, 1.165) is 18.3 Å². The van der Waals surface area contributed by atoms with Crippen LogP contribution in [0.5, 0.6) is 0 Å². The second kappa shape index (κ2) is 5.30. The largest absolute Gasteiger partial charge is 0.367 e. The molecule has 3 heteroatoms. The van der Waals surface area contributed by atoms with Crippen LogP contribution in [0.4, 0.5) is 5.82 Å². The van der Waals surface area contributed by atoms with Crippen molar-refractivity contribution in [1.29, 1.82) is 0 Å². The maximum atomic E-state index is 4.38. The van der Waals surface area contributed by atoms with Gasteiger partial charge in [-0.05, 0) is 57.3 Å². The summed E-state index contributed by atoms with van der Waals surface area (Å²) < 4.78 is 0. The SMILES string of the molecule is Cc1cccnc1NC(C)C1CCCNC1. The molecule has 2 rings (SSSR count). The van der Waals surface area contributed by atoms with Gasteiger partial charge < -0.3 is 10.6 Å². The van der Waals surface area contributed by atoms with Crippen LogP contribution in [0, 0.1) is 12.8 Å². The number of aromatic nitrogens is 1. The number of anilines is 1. The summed E-state index contributed by atoms with van der Waals surface area (Å²) in [4.78, 5) is 4.38. The summed E-state index contributed by atoms with van der Waals surface area (Å²) in [5.74, 6) is 1.75. The van der Waals surface area contributed by atoms with Crippen molar-refractivity contribution in [2.45, 2.75) is 32.7 Å². The number of piperidine rings is 1. The van der Waals surface area contributed by atoms with Crippen LogP contribution >= 0.6 is 0 Å². The Morgan fingerprint density at radius 1 is 1.56 bits per heavy atom. The first-order chi connectivity index (χ1) is 7.77. The van der Waals surface area contributed by atoms with Gasteiger partial charge in [-0.15, -0.1) is 0 Å². The molecule has 0 saturated carbocycles. The van der Waals surface area contributed by atoms with E-state index < -0.39 is 0 Å². The average Bonchev–Trinajstić information content (AvgIpc) is 2.33. The number of hydrogen-bond acceptors (Lipinski definition) is 3. The molecular formula is C13H21N3. The smallest absolute Gasteiger partial charge is 0.129 e. The Kier molecular flexibility index (Phi) is 3.78. The number of nitrogens with zero attached hydrogens (tertiary/aromatic N) is 1. The molecular weight excluding hydrogens is 198 g/mol. The second-order valence-corrected chi connectivity index (χ2v) is 4.71. The first-order valence-electron chi connectivity index (χ1n) is 6.16. The van der Waals surface area contributed by atoms with Crippen LogP contribution in [0.1, 0.15) is 25.3 Å². The summed E-state index contributed by atoms with van der Waals surface area (Å²) in [7, 11) is 0. The normalized spacial score (nSPS) is 22.8. The van der Waals surface area contributed by atoms with Gasteiger partial charge in [-0.25, -0.2) is 4.98 Å². The molecule has 3 nitrogen and oxygen atoms in total. The number of aryl methyl sites for hydroxylation is 1. The molecule has 0 amide bonds. The fourth-order valence-corrected chi connectivity index (χ4v) is 2.28. The Bertz CT molecular complexity index is 332. The third-order valence-electron chi connectivity index (χ3n) is 3.42.